The number of nitrogens with zero attached hydrogens (tertiary/aromatic N) is 2. The molecule has 5 heteroatoms. The van der Waals surface area contributed by atoms with Gasteiger partial charge in [0.1, 0.15) is 12.7 Å². The third-order valence-corrected chi connectivity index (χ3v) is 3.83. The molecule has 2 aliphatic heterocycles. The Morgan fingerprint density at radius 2 is 1.90 bits per heavy atom. The van der Waals surface area contributed by atoms with Crippen molar-refractivity contribution in [2.24, 2.45) is 0 Å². The van der Waals surface area contributed by atoms with Crippen molar-refractivity contribution in [3.8, 4) is 11.5 Å². The van der Waals surface area contributed by atoms with Crippen molar-refractivity contribution in [1.82, 2.24) is 9.80 Å². The largest absolute Gasteiger partial charge is 0.486 e. The molecule has 2 heterocycles. The molecule has 20 heavy (non-hydrogen) atoms. The molecule has 1 aromatic carbocycles. The van der Waals surface area contributed by atoms with E-state index >= 15 is 0 Å². The standard InChI is InChI=1S/C15H20N2O3/c1-16-6-8-17(9-7-16)15(18)10-12-11-19-13-4-2-3-5-14(13)20-12/h2-5,12H,6-11H2,1H3/t12-/m0/s1. The van der Waals surface area contributed by atoms with Crippen molar-refractivity contribution in [2.75, 3.05) is 39.8 Å². The molecule has 0 aliphatic carbocycles. The number of para-hydroxylation sites is 2. The van der Waals surface area contributed by atoms with Crippen molar-refractivity contribution in [1.29, 1.82) is 0 Å². The van der Waals surface area contributed by atoms with Gasteiger partial charge in [-0.15, -0.1) is 0 Å². The number of likely N-dealkylation sites (N-methyl/N-ethyl adjacent to an activating group) is 1. The van der Waals surface area contributed by atoms with Gasteiger partial charge in [-0.1, -0.05) is 12.1 Å². The molecule has 0 bridgehead atoms. The Bertz CT molecular complexity index is 484. The van der Waals surface area contributed by atoms with Crippen molar-refractivity contribution < 1.29 is 14.3 Å². The van der Waals surface area contributed by atoms with Crippen molar-refractivity contribution in [3.63, 3.8) is 0 Å². The van der Waals surface area contributed by atoms with E-state index in [1.54, 1.807) is 0 Å². The summed E-state index contributed by atoms with van der Waals surface area (Å²) in [5, 5.41) is 0. The molecule has 0 radical (unpaired) electrons. The van der Waals surface area contributed by atoms with Gasteiger partial charge in [-0.2, -0.15) is 0 Å². The molecule has 1 atom stereocenters. The zero-order valence-corrected chi connectivity index (χ0v) is 11.7. The van der Waals surface area contributed by atoms with Crippen molar-refractivity contribution >= 4 is 5.91 Å². The third kappa shape index (κ3) is 2.88. The highest BCUT2D eigenvalue weighted by Gasteiger charge is 2.26. The maximum Gasteiger partial charge on any atom is 0.226 e. The van der Waals surface area contributed by atoms with Crippen LogP contribution in [0.25, 0.3) is 0 Å². The molecule has 1 amide bonds. The second-order valence-electron chi connectivity index (χ2n) is 5.39. The Labute approximate surface area is 119 Å². The lowest BCUT2D eigenvalue weighted by Gasteiger charge is -2.34. The number of hydrogen-bond acceptors (Lipinski definition) is 4. The quantitative estimate of drug-likeness (QED) is 0.808. The summed E-state index contributed by atoms with van der Waals surface area (Å²) in [6.45, 7) is 3.93. The molecule has 0 aromatic heterocycles. The molecular formula is C15H20N2O3. The summed E-state index contributed by atoms with van der Waals surface area (Å²) >= 11 is 0. The Kier molecular flexibility index (Phi) is 3.78. The lowest BCUT2D eigenvalue weighted by atomic mass is 10.2. The van der Waals surface area contributed by atoms with E-state index in [9.17, 15) is 4.79 Å². The zero-order chi connectivity index (χ0) is 13.9. The normalized spacial score (nSPS) is 22.6. The molecule has 3 rings (SSSR count). The first-order valence-electron chi connectivity index (χ1n) is 7.07. The van der Waals surface area contributed by atoms with Crippen LogP contribution in [0.4, 0.5) is 0 Å². The molecule has 0 spiro atoms. The molecule has 5 nitrogen and oxygen atoms in total. The molecule has 1 aromatic rings. The lowest BCUT2D eigenvalue weighted by Crippen LogP contribution is -2.48. The highest BCUT2D eigenvalue weighted by molar-refractivity contribution is 5.77. The number of piperazine rings is 1. The molecule has 0 unspecified atom stereocenters. The second-order valence-corrected chi connectivity index (χ2v) is 5.39. The fourth-order valence-corrected chi connectivity index (χ4v) is 2.54. The van der Waals surface area contributed by atoms with Crippen LogP contribution in [0.1, 0.15) is 6.42 Å². The van der Waals surface area contributed by atoms with E-state index in [0.29, 0.717) is 13.0 Å². The van der Waals surface area contributed by atoms with E-state index in [-0.39, 0.29) is 12.0 Å². The lowest BCUT2D eigenvalue weighted by molar-refractivity contribution is -0.135. The van der Waals surface area contributed by atoms with Gasteiger partial charge < -0.3 is 19.3 Å². The second kappa shape index (κ2) is 5.71. The van der Waals surface area contributed by atoms with E-state index in [1.807, 2.05) is 29.2 Å². The maximum absolute atomic E-state index is 12.3. The van der Waals surface area contributed by atoms with Gasteiger partial charge in [-0.25, -0.2) is 0 Å². The Morgan fingerprint density at radius 1 is 1.20 bits per heavy atom. The van der Waals surface area contributed by atoms with Gasteiger partial charge in [-0.05, 0) is 19.2 Å². The Hall–Kier alpha value is -1.75. The summed E-state index contributed by atoms with van der Waals surface area (Å²) in [6.07, 6.45) is 0.204. The van der Waals surface area contributed by atoms with E-state index < -0.39 is 0 Å². The van der Waals surface area contributed by atoms with Crippen LogP contribution in [0, 0.1) is 0 Å². The molecule has 108 valence electrons. The number of fused-ring (bicyclic) bond motifs is 1. The first-order valence-corrected chi connectivity index (χ1v) is 7.07. The van der Waals surface area contributed by atoms with Crippen molar-refractivity contribution in [3.05, 3.63) is 24.3 Å². The molecule has 0 N–H and O–H groups in total. The SMILES string of the molecule is CN1CCN(C(=O)C[C@H]2COc3ccccc3O2)CC1. The fourth-order valence-electron chi connectivity index (χ4n) is 2.54. The van der Waals surface area contributed by atoms with Gasteiger partial charge in [0.25, 0.3) is 0 Å². The summed E-state index contributed by atoms with van der Waals surface area (Å²) in [7, 11) is 2.08. The smallest absolute Gasteiger partial charge is 0.226 e. The van der Waals surface area contributed by atoms with Crippen LogP contribution in [0.15, 0.2) is 24.3 Å². The highest BCUT2D eigenvalue weighted by atomic mass is 16.6. The van der Waals surface area contributed by atoms with Gasteiger partial charge in [0, 0.05) is 26.2 Å². The minimum Gasteiger partial charge on any atom is -0.486 e. The number of benzene rings is 1. The average Bonchev–Trinajstić information content (AvgIpc) is 2.48. The van der Waals surface area contributed by atoms with Gasteiger partial charge in [-0.3, -0.25) is 4.79 Å². The van der Waals surface area contributed by atoms with Crippen LogP contribution in [0.5, 0.6) is 11.5 Å². The van der Waals surface area contributed by atoms with Gasteiger partial charge in [0.2, 0.25) is 5.91 Å². The Balaban J connectivity index is 1.55. The number of hydrogen-bond donors (Lipinski definition) is 0. The van der Waals surface area contributed by atoms with Crippen LogP contribution >= 0.6 is 0 Å². The van der Waals surface area contributed by atoms with E-state index in [4.69, 9.17) is 9.47 Å². The first-order chi connectivity index (χ1) is 9.72. The maximum atomic E-state index is 12.3. The number of carbonyl (C=O) groups excluding carboxylic acids is 1. The molecule has 1 saturated heterocycles. The third-order valence-electron chi connectivity index (χ3n) is 3.83. The number of ether oxygens (including phenoxy) is 2. The van der Waals surface area contributed by atoms with Crippen LogP contribution < -0.4 is 9.47 Å². The number of carbonyl (C=O) groups is 1. The van der Waals surface area contributed by atoms with E-state index in [2.05, 4.69) is 11.9 Å². The summed E-state index contributed by atoms with van der Waals surface area (Å²) < 4.78 is 11.5. The van der Waals surface area contributed by atoms with E-state index in [0.717, 1.165) is 37.7 Å². The summed E-state index contributed by atoms with van der Waals surface area (Å²) in [6, 6.07) is 7.58. The molecule has 2 aliphatic rings. The minimum absolute atomic E-state index is 0.158. The summed E-state index contributed by atoms with van der Waals surface area (Å²) in [4.78, 5) is 16.4. The molecular weight excluding hydrogens is 256 g/mol. The summed E-state index contributed by atoms with van der Waals surface area (Å²) in [5.74, 6) is 1.65. The zero-order valence-electron chi connectivity index (χ0n) is 11.7. The topological polar surface area (TPSA) is 42.0 Å². The van der Waals surface area contributed by atoms with Gasteiger partial charge >= 0.3 is 0 Å². The monoisotopic (exact) mass is 276 g/mol. The summed E-state index contributed by atoms with van der Waals surface area (Å²) in [5.41, 5.74) is 0. The highest BCUT2D eigenvalue weighted by Crippen LogP contribution is 2.31. The van der Waals surface area contributed by atoms with Crippen LogP contribution in [-0.2, 0) is 4.79 Å². The Morgan fingerprint density at radius 3 is 2.65 bits per heavy atom. The minimum atomic E-state index is -0.183. The van der Waals surface area contributed by atoms with Crippen LogP contribution in [-0.4, -0.2) is 61.6 Å². The fraction of sp³-hybridized carbons (Fsp3) is 0.533. The number of amides is 1. The predicted octanol–water partition coefficient (Wildman–Crippen LogP) is 0.990. The predicted molar refractivity (Wildman–Crippen MR) is 75.0 cm³/mol. The van der Waals surface area contributed by atoms with Gasteiger partial charge in [0.15, 0.2) is 11.5 Å². The van der Waals surface area contributed by atoms with E-state index in [1.165, 1.54) is 0 Å². The first kappa shape index (κ1) is 13.2. The van der Waals surface area contributed by atoms with Crippen molar-refractivity contribution in [2.45, 2.75) is 12.5 Å². The number of rotatable bonds is 2. The average molecular weight is 276 g/mol. The van der Waals surface area contributed by atoms with Gasteiger partial charge in [0.05, 0.1) is 6.42 Å². The molecule has 0 saturated carbocycles. The van der Waals surface area contributed by atoms with Crippen LogP contribution in [0.3, 0.4) is 0 Å². The van der Waals surface area contributed by atoms with Crippen LogP contribution in [0.2, 0.25) is 0 Å². The molecule has 1 fully saturated rings.